The first-order valence-corrected chi connectivity index (χ1v) is 7.58. The highest BCUT2D eigenvalue weighted by molar-refractivity contribution is 5.67. The fourth-order valence-electron chi connectivity index (χ4n) is 3.81. The summed E-state index contributed by atoms with van der Waals surface area (Å²) >= 11 is 0. The number of hydrogen-bond acceptors (Lipinski definition) is 8. The van der Waals surface area contributed by atoms with Gasteiger partial charge in [-0.3, -0.25) is 0 Å². The fourth-order valence-corrected chi connectivity index (χ4v) is 3.81. The van der Waals surface area contributed by atoms with Gasteiger partial charge in [0, 0.05) is 52.7 Å². The Labute approximate surface area is 143 Å². The molecular formula is C17H20N2O6. The van der Waals surface area contributed by atoms with Gasteiger partial charge in [0.05, 0.1) is 17.6 Å². The molecule has 0 aliphatic heterocycles. The minimum absolute atomic E-state index is 0.0134. The minimum atomic E-state index is -1.34. The standard InChI is InChI=1S/C17H20N2O6/c1-17(14-9(19)3-7(21)5-11(14)23)15(24)13(16(17)25)12-8(18)2-6(20)4-10(12)22/h2-5,13,15-16,20-25H,18-19H2,1H3. The summed E-state index contributed by atoms with van der Waals surface area (Å²) in [6, 6.07) is 4.54. The molecule has 10 N–H and O–H groups in total. The van der Waals surface area contributed by atoms with Crippen LogP contribution in [0.3, 0.4) is 0 Å². The molecule has 0 heterocycles. The largest absolute Gasteiger partial charge is 0.508 e. The molecule has 1 aliphatic carbocycles. The number of benzene rings is 2. The highest BCUT2D eigenvalue weighted by Crippen LogP contribution is 2.58. The molecule has 0 aromatic heterocycles. The lowest BCUT2D eigenvalue weighted by atomic mass is 9.52. The van der Waals surface area contributed by atoms with Gasteiger partial charge < -0.3 is 42.1 Å². The monoisotopic (exact) mass is 348 g/mol. The van der Waals surface area contributed by atoms with E-state index in [4.69, 9.17) is 11.5 Å². The molecule has 3 rings (SSSR count). The Balaban J connectivity index is 2.08. The lowest BCUT2D eigenvalue weighted by molar-refractivity contribution is -0.133. The molecule has 1 saturated carbocycles. The van der Waals surface area contributed by atoms with E-state index in [1.165, 1.54) is 19.1 Å². The third-order valence-corrected chi connectivity index (χ3v) is 5.09. The quantitative estimate of drug-likeness (QED) is 0.361. The zero-order chi connectivity index (χ0) is 18.7. The summed E-state index contributed by atoms with van der Waals surface area (Å²) in [5.74, 6) is -2.16. The molecule has 0 bridgehead atoms. The van der Waals surface area contributed by atoms with Gasteiger partial charge in [-0.05, 0) is 0 Å². The predicted molar refractivity (Wildman–Crippen MR) is 90.5 cm³/mol. The van der Waals surface area contributed by atoms with Crippen molar-refractivity contribution in [2.45, 2.75) is 30.5 Å². The van der Waals surface area contributed by atoms with E-state index < -0.39 is 23.5 Å². The van der Waals surface area contributed by atoms with Crippen LogP contribution in [-0.2, 0) is 5.41 Å². The molecule has 0 amide bonds. The molecule has 1 aliphatic rings. The minimum Gasteiger partial charge on any atom is -0.508 e. The number of aliphatic hydroxyl groups excluding tert-OH is 2. The number of anilines is 2. The van der Waals surface area contributed by atoms with E-state index in [2.05, 4.69) is 0 Å². The molecule has 134 valence electrons. The van der Waals surface area contributed by atoms with Crippen LogP contribution in [-0.4, -0.2) is 42.8 Å². The molecule has 25 heavy (non-hydrogen) atoms. The first kappa shape index (κ1) is 17.0. The van der Waals surface area contributed by atoms with Crippen molar-refractivity contribution in [3.8, 4) is 23.0 Å². The van der Waals surface area contributed by atoms with Crippen molar-refractivity contribution >= 4 is 11.4 Å². The van der Waals surface area contributed by atoms with Gasteiger partial charge in [0.15, 0.2) is 0 Å². The van der Waals surface area contributed by atoms with Crippen molar-refractivity contribution < 1.29 is 30.6 Å². The van der Waals surface area contributed by atoms with E-state index in [-0.39, 0.29) is 45.5 Å². The number of phenolic OH excluding ortho intramolecular Hbond substituents is 4. The Morgan fingerprint density at radius 2 is 1.28 bits per heavy atom. The Bertz CT molecular complexity index is 797. The normalized spacial score (nSPS) is 28.5. The van der Waals surface area contributed by atoms with Crippen LogP contribution < -0.4 is 11.5 Å². The van der Waals surface area contributed by atoms with E-state index in [0.29, 0.717) is 0 Å². The Hall–Kier alpha value is -2.84. The summed E-state index contributed by atoms with van der Waals surface area (Å²) in [5, 5.41) is 60.6. The maximum absolute atomic E-state index is 10.7. The summed E-state index contributed by atoms with van der Waals surface area (Å²) in [6.07, 6.45) is -2.48. The van der Waals surface area contributed by atoms with Crippen molar-refractivity contribution in [3.05, 3.63) is 35.4 Å². The third kappa shape index (κ3) is 2.22. The zero-order valence-corrected chi connectivity index (χ0v) is 13.4. The van der Waals surface area contributed by atoms with E-state index in [1.807, 2.05) is 0 Å². The number of nitrogens with two attached hydrogens (primary N) is 2. The molecule has 0 spiro atoms. The third-order valence-electron chi connectivity index (χ3n) is 5.09. The molecule has 8 heteroatoms. The second-order valence-electron chi connectivity index (χ2n) is 6.60. The average Bonchev–Trinajstić information content (AvgIpc) is 2.48. The summed E-state index contributed by atoms with van der Waals surface area (Å²) in [6.45, 7) is 1.51. The number of aliphatic hydroxyl groups is 2. The number of phenols is 4. The van der Waals surface area contributed by atoms with Crippen LogP contribution in [0.15, 0.2) is 24.3 Å². The molecular weight excluding hydrogens is 328 g/mol. The summed E-state index contributed by atoms with van der Waals surface area (Å²) < 4.78 is 0. The molecule has 1 fully saturated rings. The Kier molecular flexibility index (Phi) is 3.63. The number of aromatic hydroxyl groups is 4. The lowest BCUT2D eigenvalue weighted by Gasteiger charge is -2.55. The van der Waals surface area contributed by atoms with Crippen molar-refractivity contribution in [3.63, 3.8) is 0 Å². The molecule has 0 radical (unpaired) electrons. The second-order valence-corrected chi connectivity index (χ2v) is 6.60. The van der Waals surface area contributed by atoms with Crippen LogP contribution in [0.2, 0.25) is 0 Å². The van der Waals surface area contributed by atoms with Crippen molar-refractivity contribution in [2.24, 2.45) is 0 Å². The molecule has 0 saturated heterocycles. The zero-order valence-electron chi connectivity index (χ0n) is 13.4. The van der Waals surface area contributed by atoms with Gasteiger partial charge in [-0.25, -0.2) is 0 Å². The van der Waals surface area contributed by atoms with Crippen molar-refractivity contribution in [1.29, 1.82) is 0 Å². The van der Waals surface area contributed by atoms with E-state index in [0.717, 1.165) is 12.1 Å². The van der Waals surface area contributed by atoms with Crippen LogP contribution >= 0.6 is 0 Å². The molecule has 2 aromatic rings. The number of rotatable bonds is 2. The van der Waals surface area contributed by atoms with Crippen LogP contribution in [0.5, 0.6) is 23.0 Å². The second kappa shape index (κ2) is 5.33. The average molecular weight is 348 g/mol. The highest BCUT2D eigenvalue weighted by Gasteiger charge is 2.62. The van der Waals surface area contributed by atoms with E-state index >= 15 is 0 Å². The van der Waals surface area contributed by atoms with Gasteiger partial charge in [0.2, 0.25) is 0 Å². The van der Waals surface area contributed by atoms with E-state index in [9.17, 15) is 30.6 Å². The molecule has 2 aromatic carbocycles. The van der Waals surface area contributed by atoms with Gasteiger partial charge in [0.25, 0.3) is 0 Å². The number of hydrogen-bond donors (Lipinski definition) is 8. The number of nitrogen functional groups attached to an aromatic ring is 2. The van der Waals surface area contributed by atoms with Crippen LogP contribution in [0.1, 0.15) is 24.0 Å². The highest BCUT2D eigenvalue weighted by atomic mass is 16.3. The molecule has 2 unspecified atom stereocenters. The smallest absolute Gasteiger partial charge is 0.125 e. The van der Waals surface area contributed by atoms with Gasteiger partial charge in [0.1, 0.15) is 23.0 Å². The maximum Gasteiger partial charge on any atom is 0.125 e. The first-order chi connectivity index (χ1) is 11.6. The van der Waals surface area contributed by atoms with Gasteiger partial charge >= 0.3 is 0 Å². The van der Waals surface area contributed by atoms with Crippen LogP contribution in [0.25, 0.3) is 0 Å². The van der Waals surface area contributed by atoms with Gasteiger partial charge in [-0.2, -0.15) is 0 Å². The SMILES string of the molecule is CC1(c2c(N)cc(O)cc2O)C(O)C(c2c(N)cc(O)cc2O)C1O. The van der Waals surface area contributed by atoms with Gasteiger partial charge in [-0.15, -0.1) is 0 Å². The fraction of sp³-hybridized carbons (Fsp3) is 0.294. The summed E-state index contributed by atoms with van der Waals surface area (Å²) in [7, 11) is 0. The topological polar surface area (TPSA) is 173 Å². The lowest BCUT2D eigenvalue weighted by Crippen LogP contribution is -2.64. The Morgan fingerprint density at radius 1 is 0.800 bits per heavy atom. The molecule has 8 nitrogen and oxygen atoms in total. The summed E-state index contributed by atoms with van der Waals surface area (Å²) in [5.41, 5.74) is 10.6. The van der Waals surface area contributed by atoms with Crippen LogP contribution in [0, 0.1) is 0 Å². The summed E-state index contributed by atoms with van der Waals surface area (Å²) in [4.78, 5) is 0. The van der Waals surface area contributed by atoms with Crippen molar-refractivity contribution in [2.75, 3.05) is 11.5 Å². The maximum atomic E-state index is 10.7. The predicted octanol–water partition coefficient (Wildman–Crippen LogP) is 0.450. The first-order valence-electron chi connectivity index (χ1n) is 7.58. The van der Waals surface area contributed by atoms with Crippen LogP contribution in [0.4, 0.5) is 11.4 Å². The van der Waals surface area contributed by atoms with Crippen molar-refractivity contribution in [1.82, 2.24) is 0 Å². The molecule has 2 atom stereocenters. The Morgan fingerprint density at radius 3 is 1.76 bits per heavy atom. The van der Waals surface area contributed by atoms with E-state index in [1.54, 1.807) is 0 Å². The van der Waals surface area contributed by atoms with Gasteiger partial charge in [-0.1, -0.05) is 6.92 Å².